The van der Waals surface area contributed by atoms with E-state index in [2.05, 4.69) is 35.4 Å². The van der Waals surface area contributed by atoms with Crippen molar-refractivity contribution >= 4 is 10.8 Å². The summed E-state index contributed by atoms with van der Waals surface area (Å²) in [5.74, 6) is 0.902. The van der Waals surface area contributed by atoms with Crippen LogP contribution in [-0.2, 0) is 19.5 Å². The van der Waals surface area contributed by atoms with E-state index in [-0.39, 0.29) is 0 Å². The highest BCUT2D eigenvalue weighted by molar-refractivity contribution is 5.88. The third kappa shape index (κ3) is 3.35. The van der Waals surface area contributed by atoms with Crippen LogP contribution in [0.5, 0.6) is 5.75 Å². The number of nitrogens with zero attached hydrogens (tertiary/aromatic N) is 3. The molecule has 0 aliphatic rings. The fraction of sp³-hybridized carbons (Fsp3) is 0.333. The van der Waals surface area contributed by atoms with Gasteiger partial charge in [-0.1, -0.05) is 55.0 Å². The molecule has 0 fully saturated rings. The Morgan fingerprint density at radius 1 is 1.13 bits per heavy atom. The number of hydrogen-bond acceptors (Lipinski definition) is 4. The third-order valence-electron chi connectivity index (χ3n) is 3.91. The molecule has 0 unspecified atom stereocenters. The second kappa shape index (κ2) is 7.24. The monoisotopic (exact) mass is 310 g/mol. The van der Waals surface area contributed by atoms with Gasteiger partial charge in [0.15, 0.2) is 0 Å². The maximum absolute atomic E-state index is 5.98. The van der Waals surface area contributed by atoms with Crippen molar-refractivity contribution in [2.45, 2.75) is 32.9 Å². The maximum Gasteiger partial charge on any atom is 0.127 e. The molecule has 0 saturated heterocycles. The number of nitrogens with two attached hydrogens (primary N) is 1. The molecular weight excluding hydrogens is 288 g/mol. The summed E-state index contributed by atoms with van der Waals surface area (Å²) < 4.78 is 7.89. The van der Waals surface area contributed by atoms with E-state index >= 15 is 0 Å². The van der Waals surface area contributed by atoms with Gasteiger partial charge in [0.2, 0.25) is 0 Å². The Bertz CT molecular complexity index is 776. The van der Waals surface area contributed by atoms with Crippen LogP contribution in [0.25, 0.3) is 10.8 Å². The summed E-state index contributed by atoms with van der Waals surface area (Å²) in [6, 6.07) is 14.3. The van der Waals surface area contributed by atoms with Crippen LogP contribution in [0.15, 0.2) is 42.5 Å². The minimum atomic E-state index is 0.430. The number of ether oxygens (including phenoxy) is 1. The first kappa shape index (κ1) is 15.5. The van der Waals surface area contributed by atoms with Gasteiger partial charge >= 0.3 is 0 Å². The molecule has 0 radical (unpaired) electrons. The van der Waals surface area contributed by atoms with Crippen LogP contribution in [-0.4, -0.2) is 21.6 Å². The molecule has 0 atom stereocenters. The van der Waals surface area contributed by atoms with Gasteiger partial charge in [-0.25, -0.2) is 4.68 Å². The van der Waals surface area contributed by atoms with Gasteiger partial charge in [-0.2, -0.15) is 0 Å². The van der Waals surface area contributed by atoms with Gasteiger partial charge < -0.3 is 10.5 Å². The topological polar surface area (TPSA) is 66.0 Å². The summed E-state index contributed by atoms with van der Waals surface area (Å²) in [6.45, 7) is 3.80. The lowest BCUT2D eigenvalue weighted by atomic mass is 10.1. The second-order valence-electron chi connectivity index (χ2n) is 5.49. The number of benzene rings is 2. The summed E-state index contributed by atoms with van der Waals surface area (Å²) in [4.78, 5) is 0. The predicted molar refractivity (Wildman–Crippen MR) is 91.4 cm³/mol. The molecule has 0 amide bonds. The molecule has 5 nitrogen and oxygen atoms in total. The van der Waals surface area contributed by atoms with Gasteiger partial charge in [-0.05, 0) is 17.9 Å². The minimum Gasteiger partial charge on any atom is -0.491 e. The Hall–Kier alpha value is -2.40. The molecule has 2 aromatic carbocycles. The molecule has 0 aliphatic carbocycles. The number of hydrogen-bond donors (Lipinski definition) is 1. The lowest BCUT2D eigenvalue weighted by molar-refractivity contribution is 0.290. The van der Waals surface area contributed by atoms with Crippen molar-refractivity contribution in [3.63, 3.8) is 0 Å². The van der Waals surface area contributed by atoms with Crippen molar-refractivity contribution in [1.82, 2.24) is 15.0 Å². The standard InChI is InChI=1S/C18H22N4O/c1-2-6-17-16(13-19)20-21-22(17)11-12-23-18-10-5-8-14-7-3-4-9-15(14)18/h3-5,7-10H,2,6,11-13,19H2,1H3. The highest BCUT2D eigenvalue weighted by Gasteiger charge is 2.10. The Morgan fingerprint density at radius 3 is 2.78 bits per heavy atom. The van der Waals surface area contributed by atoms with Gasteiger partial charge in [-0.15, -0.1) is 5.10 Å². The molecule has 0 saturated carbocycles. The van der Waals surface area contributed by atoms with E-state index in [0.717, 1.165) is 35.4 Å². The quantitative estimate of drug-likeness (QED) is 0.728. The van der Waals surface area contributed by atoms with Crippen molar-refractivity contribution in [2.75, 3.05) is 6.61 Å². The van der Waals surface area contributed by atoms with Crippen LogP contribution in [0.2, 0.25) is 0 Å². The smallest absolute Gasteiger partial charge is 0.127 e. The zero-order valence-corrected chi connectivity index (χ0v) is 13.4. The molecule has 0 aliphatic heterocycles. The van der Waals surface area contributed by atoms with Crippen LogP contribution >= 0.6 is 0 Å². The molecule has 3 aromatic rings. The molecule has 2 N–H and O–H groups in total. The predicted octanol–water partition coefficient (Wildman–Crippen LogP) is 2.92. The number of fused-ring (bicyclic) bond motifs is 1. The number of aromatic nitrogens is 3. The van der Waals surface area contributed by atoms with Crippen LogP contribution in [0.3, 0.4) is 0 Å². The molecule has 0 spiro atoms. The number of rotatable bonds is 7. The Balaban J connectivity index is 1.71. The normalized spacial score (nSPS) is 11.0. The first-order chi connectivity index (χ1) is 11.3. The summed E-state index contributed by atoms with van der Waals surface area (Å²) in [7, 11) is 0. The molecule has 120 valence electrons. The lowest BCUT2D eigenvalue weighted by Crippen LogP contribution is -2.13. The Labute approximate surface area is 136 Å². The highest BCUT2D eigenvalue weighted by atomic mass is 16.5. The largest absolute Gasteiger partial charge is 0.491 e. The van der Waals surface area contributed by atoms with Crippen molar-refractivity contribution in [3.05, 3.63) is 53.9 Å². The van der Waals surface area contributed by atoms with Crippen molar-refractivity contribution in [1.29, 1.82) is 0 Å². The second-order valence-corrected chi connectivity index (χ2v) is 5.49. The van der Waals surface area contributed by atoms with E-state index in [1.165, 1.54) is 5.39 Å². The fourth-order valence-electron chi connectivity index (χ4n) is 2.78. The van der Waals surface area contributed by atoms with Gasteiger partial charge in [0.1, 0.15) is 12.4 Å². The molecule has 5 heteroatoms. The van der Waals surface area contributed by atoms with Crippen molar-refractivity contribution in [2.24, 2.45) is 5.73 Å². The summed E-state index contributed by atoms with van der Waals surface area (Å²) in [6.07, 6.45) is 1.98. The molecular formula is C18H22N4O. The molecule has 23 heavy (non-hydrogen) atoms. The average molecular weight is 310 g/mol. The van der Waals surface area contributed by atoms with E-state index in [9.17, 15) is 0 Å². The van der Waals surface area contributed by atoms with E-state index in [0.29, 0.717) is 19.7 Å². The first-order valence-corrected chi connectivity index (χ1v) is 8.05. The first-order valence-electron chi connectivity index (χ1n) is 8.05. The van der Waals surface area contributed by atoms with Crippen LogP contribution in [0.4, 0.5) is 0 Å². The molecule has 1 heterocycles. The lowest BCUT2D eigenvalue weighted by Gasteiger charge is -2.11. The average Bonchev–Trinajstić information content (AvgIpc) is 2.97. The molecule has 3 rings (SSSR count). The van der Waals surface area contributed by atoms with E-state index in [4.69, 9.17) is 10.5 Å². The summed E-state index contributed by atoms with van der Waals surface area (Å²) in [5, 5.41) is 10.7. The fourth-order valence-corrected chi connectivity index (χ4v) is 2.78. The summed E-state index contributed by atoms with van der Waals surface area (Å²) >= 11 is 0. The van der Waals surface area contributed by atoms with E-state index in [1.807, 2.05) is 28.9 Å². The zero-order chi connectivity index (χ0) is 16.1. The van der Waals surface area contributed by atoms with Crippen LogP contribution in [0, 0.1) is 0 Å². The molecule has 1 aromatic heterocycles. The Kier molecular flexibility index (Phi) is 4.88. The van der Waals surface area contributed by atoms with E-state index < -0.39 is 0 Å². The maximum atomic E-state index is 5.98. The van der Waals surface area contributed by atoms with Gasteiger partial charge in [-0.3, -0.25) is 0 Å². The zero-order valence-electron chi connectivity index (χ0n) is 13.4. The Morgan fingerprint density at radius 2 is 1.96 bits per heavy atom. The van der Waals surface area contributed by atoms with Gasteiger partial charge in [0, 0.05) is 11.9 Å². The van der Waals surface area contributed by atoms with Gasteiger partial charge in [0.25, 0.3) is 0 Å². The van der Waals surface area contributed by atoms with E-state index in [1.54, 1.807) is 0 Å². The summed E-state index contributed by atoms with van der Waals surface area (Å²) in [5.41, 5.74) is 7.74. The highest BCUT2D eigenvalue weighted by Crippen LogP contribution is 2.25. The van der Waals surface area contributed by atoms with Gasteiger partial charge in [0.05, 0.1) is 17.9 Å². The van der Waals surface area contributed by atoms with Crippen LogP contribution in [0.1, 0.15) is 24.7 Å². The van der Waals surface area contributed by atoms with Crippen molar-refractivity contribution < 1.29 is 4.74 Å². The SMILES string of the molecule is CCCc1c(CN)nnn1CCOc1cccc2ccccc12. The third-order valence-corrected chi connectivity index (χ3v) is 3.91. The van der Waals surface area contributed by atoms with Crippen molar-refractivity contribution in [3.8, 4) is 5.75 Å². The molecule has 0 bridgehead atoms. The minimum absolute atomic E-state index is 0.430. The van der Waals surface area contributed by atoms with Crippen LogP contribution < -0.4 is 10.5 Å².